The van der Waals surface area contributed by atoms with Crippen LogP contribution >= 0.6 is 0 Å². The average Bonchev–Trinajstić information content (AvgIpc) is 3.32. The Bertz CT molecular complexity index is 1630. The summed E-state index contributed by atoms with van der Waals surface area (Å²) in [6.07, 6.45) is 1.59. The van der Waals surface area contributed by atoms with Gasteiger partial charge in [0.1, 0.15) is 24.5 Å². The van der Waals surface area contributed by atoms with Crippen LogP contribution in [-0.2, 0) is 0 Å². The number of ether oxygens (including phenoxy) is 3. The quantitative estimate of drug-likeness (QED) is 0.373. The number of rotatable bonds is 4. The topological polar surface area (TPSA) is 88.1 Å². The standard InChI is InChI=1S/C26H19N3O5/c1-31-20-7-4-8-21-18(20)14-24(34-21)25-28-19-6-3-2-5-17(19)26(30)29(25)27-15-16-9-10-22-23(13-16)33-12-11-32-22/h2-10,13-15H,11-12H2,1H3. The number of para-hydroxylation sites is 1. The Labute approximate surface area is 193 Å². The van der Waals surface area contributed by atoms with Crippen LogP contribution in [0.5, 0.6) is 17.2 Å². The summed E-state index contributed by atoms with van der Waals surface area (Å²) in [4.78, 5) is 18.1. The van der Waals surface area contributed by atoms with Crippen LogP contribution in [0, 0.1) is 0 Å². The molecule has 0 saturated carbocycles. The lowest BCUT2D eigenvalue weighted by Gasteiger charge is -2.18. The second-order valence-corrected chi connectivity index (χ2v) is 7.70. The lowest BCUT2D eigenvalue weighted by Crippen LogP contribution is -2.20. The molecule has 8 heteroatoms. The van der Waals surface area contributed by atoms with Gasteiger partial charge in [-0.3, -0.25) is 4.79 Å². The molecule has 34 heavy (non-hydrogen) atoms. The number of aromatic nitrogens is 2. The predicted octanol–water partition coefficient (Wildman–Crippen LogP) is 4.47. The highest BCUT2D eigenvalue weighted by atomic mass is 16.6. The third-order valence-corrected chi connectivity index (χ3v) is 5.60. The molecule has 8 nitrogen and oxygen atoms in total. The molecule has 0 radical (unpaired) electrons. The summed E-state index contributed by atoms with van der Waals surface area (Å²) < 4.78 is 24.0. The van der Waals surface area contributed by atoms with Crippen molar-refractivity contribution in [3.05, 3.63) is 82.6 Å². The summed E-state index contributed by atoms with van der Waals surface area (Å²) in [7, 11) is 1.60. The summed E-state index contributed by atoms with van der Waals surface area (Å²) >= 11 is 0. The molecule has 1 aliphatic heterocycles. The van der Waals surface area contributed by atoms with E-state index in [1.165, 1.54) is 4.68 Å². The summed E-state index contributed by atoms with van der Waals surface area (Å²) in [5, 5.41) is 5.73. The van der Waals surface area contributed by atoms with Gasteiger partial charge in [0.15, 0.2) is 17.3 Å². The van der Waals surface area contributed by atoms with Crippen LogP contribution in [0.3, 0.4) is 0 Å². The van der Waals surface area contributed by atoms with Gasteiger partial charge in [-0.05, 0) is 54.1 Å². The summed E-state index contributed by atoms with van der Waals surface area (Å²) in [6.45, 7) is 1.01. The van der Waals surface area contributed by atoms with E-state index in [2.05, 4.69) is 5.10 Å². The molecule has 0 saturated heterocycles. The van der Waals surface area contributed by atoms with Gasteiger partial charge in [0.05, 0.1) is 29.6 Å². The van der Waals surface area contributed by atoms with E-state index in [0.29, 0.717) is 52.7 Å². The highest BCUT2D eigenvalue weighted by Crippen LogP contribution is 2.33. The molecule has 0 bridgehead atoms. The van der Waals surface area contributed by atoms with Crippen molar-refractivity contribution in [3.63, 3.8) is 0 Å². The van der Waals surface area contributed by atoms with E-state index in [1.54, 1.807) is 37.6 Å². The van der Waals surface area contributed by atoms with E-state index >= 15 is 0 Å². The van der Waals surface area contributed by atoms with Crippen molar-refractivity contribution >= 4 is 28.1 Å². The van der Waals surface area contributed by atoms with Crippen LogP contribution in [0.25, 0.3) is 33.5 Å². The molecule has 6 rings (SSSR count). The molecular weight excluding hydrogens is 434 g/mol. The molecule has 0 N–H and O–H groups in total. The second-order valence-electron chi connectivity index (χ2n) is 7.70. The monoisotopic (exact) mass is 453 g/mol. The molecule has 0 unspecified atom stereocenters. The molecule has 3 heterocycles. The van der Waals surface area contributed by atoms with E-state index in [-0.39, 0.29) is 11.4 Å². The number of hydrogen-bond donors (Lipinski definition) is 0. The molecule has 5 aromatic rings. The van der Waals surface area contributed by atoms with E-state index in [9.17, 15) is 4.79 Å². The smallest absolute Gasteiger partial charge is 0.282 e. The van der Waals surface area contributed by atoms with Gasteiger partial charge in [-0.25, -0.2) is 4.98 Å². The highest BCUT2D eigenvalue weighted by molar-refractivity contribution is 5.88. The summed E-state index contributed by atoms with van der Waals surface area (Å²) in [5.74, 6) is 2.69. The number of benzene rings is 3. The fourth-order valence-electron chi connectivity index (χ4n) is 3.98. The second kappa shape index (κ2) is 8.08. The Morgan fingerprint density at radius 3 is 2.71 bits per heavy atom. The Morgan fingerprint density at radius 2 is 1.82 bits per heavy atom. The fraction of sp³-hybridized carbons (Fsp3) is 0.115. The van der Waals surface area contributed by atoms with Crippen LogP contribution in [0.1, 0.15) is 5.56 Å². The van der Waals surface area contributed by atoms with Crippen LogP contribution in [-0.4, -0.2) is 36.2 Å². The van der Waals surface area contributed by atoms with Gasteiger partial charge in [0, 0.05) is 0 Å². The summed E-state index contributed by atoms with van der Waals surface area (Å²) in [6, 6.07) is 20.0. The molecule has 0 amide bonds. The zero-order valence-corrected chi connectivity index (χ0v) is 18.2. The van der Waals surface area contributed by atoms with Crippen molar-refractivity contribution in [1.29, 1.82) is 0 Å². The average molecular weight is 453 g/mol. The summed E-state index contributed by atoms with van der Waals surface area (Å²) in [5.41, 5.74) is 1.63. The lowest BCUT2D eigenvalue weighted by atomic mass is 10.2. The van der Waals surface area contributed by atoms with Gasteiger partial charge in [-0.1, -0.05) is 18.2 Å². The Morgan fingerprint density at radius 1 is 0.971 bits per heavy atom. The minimum atomic E-state index is -0.304. The first-order valence-corrected chi connectivity index (χ1v) is 10.7. The minimum Gasteiger partial charge on any atom is -0.496 e. The molecule has 1 aliphatic rings. The van der Waals surface area contributed by atoms with Crippen molar-refractivity contribution in [2.75, 3.05) is 20.3 Å². The number of fused-ring (bicyclic) bond motifs is 3. The minimum absolute atomic E-state index is 0.288. The third kappa shape index (κ3) is 3.36. The molecule has 0 spiro atoms. The molecule has 2 aromatic heterocycles. The van der Waals surface area contributed by atoms with Gasteiger partial charge < -0.3 is 18.6 Å². The Kier molecular flexibility index (Phi) is 4.76. The maximum absolute atomic E-state index is 13.4. The number of methoxy groups -OCH3 is 1. The van der Waals surface area contributed by atoms with Crippen molar-refractivity contribution in [2.45, 2.75) is 0 Å². The number of hydrogen-bond acceptors (Lipinski definition) is 7. The maximum atomic E-state index is 13.4. The fourth-order valence-corrected chi connectivity index (χ4v) is 3.98. The van der Waals surface area contributed by atoms with Gasteiger partial charge in [-0.2, -0.15) is 9.78 Å². The van der Waals surface area contributed by atoms with E-state index in [4.69, 9.17) is 23.6 Å². The first-order valence-electron chi connectivity index (χ1n) is 10.7. The molecule has 0 aliphatic carbocycles. The van der Waals surface area contributed by atoms with Crippen LogP contribution in [0.4, 0.5) is 0 Å². The molecule has 168 valence electrons. The van der Waals surface area contributed by atoms with Gasteiger partial charge >= 0.3 is 0 Å². The van der Waals surface area contributed by atoms with Crippen molar-refractivity contribution in [3.8, 4) is 28.8 Å². The van der Waals surface area contributed by atoms with Crippen molar-refractivity contribution in [1.82, 2.24) is 9.66 Å². The van der Waals surface area contributed by atoms with Gasteiger partial charge in [-0.15, -0.1) is 0 Å². The Hall–Kier alpha value is -4.59. The zero-order chi connectivity index (χ0) is 23.1. The van der Waals surface area contributed by atoms with Crippen LogP contribution < -0.4 is 19.8 Å². The predicted molar refractivity (Wildman–Crippen MR) is 128 cm³/mol. The largest absolute Gasteiger partial charge is 0.496 e. The third-order valence-electron chi connectivity index (χ3n) is 5.60. The molecule has 0 atom stereocenters. The van der Waals surface area contributed by atoms with Gasteiger partial charge in [0.2, 0.25) is 5.82 Å². The van der Waals surface area contributed by atoms with Crippen LogP contribution in [0.15, 0.2) is 81.0 Å². The van der Waals surface area contributed by atoms with Crippen molar-refractivity contribution < 1.29 is 18.6 Å². The first kappa shape index (κ1) is 20.0. The zero-order valence-electron chi connectivity index (χ0n) is 18.2. The van der Waals surface area contributed by atoms with E-state index in [0.717, 1.165) is 10.9 Å². The molecule has 0 fully saturated rings. The van der Waals surface area contributed by atoms with Crippen LogP contribution in [0.2, 0.25) is 0 Å². The van der Waals surface area contributed by atoms with Gasteiger partial charge in [0.25, 0.3) is 5.56 Å². The maximum Gasteiger partial charge on any atom is 0.282 e. The SMILES string of the molecule is COc1cccc2oc(-c3nc4ccccc4c(=O)n3N=Cc3ccc4c(c3)OCCO4)cc12. The number of furan rings is 1. The highest BCUT2D eigenvalue weighted by Gasteiger charge is 2.18. The lowest BCUT2D eigenvalue weighted by molar-refractivity contribution is 0.171. The molecular formula is C26H19N3O5. The van der Waals surface area contributed by atoms with Crippen molar-refractivity contribution in [2.24, 2.45) is 5.10 Å². The normalized spacial score (nSPS) is 13.1. The Balaban J connectivity index is 1.52. The first-order chi connectivity index (χ1) is 16.7. The van der Waals surface area contributed by atoms with E-state index in [1.807, 2.05) is 42.5 Å². The molecule has 3 aromatic carbocycles. The number of nitrogens with zero attached hydrogens (tertiary/aromatic N) is 3. The van der Waals surface area contributed by atoms with E-state index < -0.39 is 0 Å².